The lowest BCUT2D eigenvalue weighted by Gasteiger charge is -2.17. The fourth-order valence-corrected chi connectivity index (χ4v) is 2.23. The zero-order valence-corrected chi connectivity index (χ0v) is 12.3. The molecule has 1 aliphatic rings. The van der Waals surface area contributed by atoms with Crippen LogP contribution < -0.4 is 15.5 Å². The zero-order chi connectivity index (χ0) is 14.9. The van der Waals surface area contributed by atoms with Crippen molar-refractivity contribution in [2.75, 3.05) is 19.0 Å². The van der Waals surface area contributed by atoms with Gasteiger partial charge in [-0.3, -0.25) is 20.2 Å². The van der Waals surface area contributed by atoms with Gasteiger partial charge in [0.25, 0.3) is 11.8 Å². The molecular weight excluding hydrogens is 274 g/mol. The molecule has 0 atom stereocenters. The predicted molar refractivity (Wildman–Crippen MR) is 82.4 cm³/mol. The van der Waals surface area contributed by atoms with Crippen LogP contribution in [-0.4, -0.2) is 31.0 Å². The Balaban J connectivity index is 2.35. The highest BCUT2D eigenvalue weighted by Gasteiger charge is 2.25. The molecule has 1 aliphatic heterocycles. The van der Waals surface area contributed by atoms with Crippen LogP contribution in [0.3, 0.4) is 0 Å². The summed E-state index contributed by atoms with van der Waals surface area (Å²) in [6.07, 6.45) is 1.55. The number of anilines is 1. The van der Waals surface area contributed by atoms with Crippen LogP contribution in [0.2, 0.25) is 0 Å². The number of nitrogens with one attached hydrogen (secondary N) is 2. The molecule has 0 spiro atoms. The van der Waals surface area contributed by atoms with Crippen molar-refractivity contribution in [2.24, 2.45) is 0 Å². The second-order valence-electron chi connectivity index (χ2n) is 4.74. The highest BCUT2D eigenvalue weighted by Crippen LogP contribution is 2.20. The van der Waals surface area contributed by atoms with E-state index < -0.39 is 11.8 Å². The Bertz CT molecular complexity index is 613. The van der Waals surface area contributed by atoms with E-state index in [9.17, 15) is 9.59 Å². The molecule has 20 heavy (non-hydrogen) atoms. The molecule has 2 N–H and O–H groups in total. The molecule has 1 saturated heterocycles. The van der Waals surface area contributed by atoms with Gasteiger partial charge in [-0.1, -0.05) is 6.07 Å². The van der Waals surface area contributed by atoms with Gasteiger partial charge < -0.3 is 4.90 Å². The molecule has 2 rings (SSSR count). The minimum atomic E-state index is -0.479. The summed E-state index contributed by atoms with van der Waals surface area (Å²) >= 11 is 4.75. The lowest BCUT2D eigenvalue weighted by Crippen LogP contribution is -2.51. The first kappa shape index (κ1) is 14.2. The van der Waals surface area contributed by atoms with E-state index in [2.05, 4.69) is 10.6 Å². The normalized spacial score (nSPS) is 14.8. The summed E-state index contributed by atoms with van der Waals surface area (Å²) in [5, 5.41) is 4.85. The molecule has 0 radical (unpaired) electrons. The Morgan fingerprint density at radius 2 is 1.75 bits per heavy atom. The van der Waals surface area contributed by atoms with Crippen LogP contribution in [0.1, 0.15) is 11.1 Å². The highest BCUT2D eigenvalue weighted by atomic mass is 32.1. The van der Waals surface area contributed by atoms with Crippen molar-refractivity contribution >= 4 is 40.9 Å². The van der Waals surface area contributed by atoms with Crippen molar-refractivity contribution in [3.8, 4) is 0 Å². The molecule has 5 nitrogen and oxygen atoms in total. The first-order valence-corrected chi connectivity index (χ1v) is 6.45. The molecule has 1 fully saturated rings. The van der Waals surface area contributed by atoms with Gasteiger partial charge in [-0.2, -0.15) is 0 Å². The average molecular weight is 289 g/mol. The topological polar surface area (TPSA) is 61.4 Å². The molecular formula is C14H15N3O2S. The highest BCUT2D eigenvalue weighted by molar-refractivity contribution is 7.80. The van der Waals surface area contributed by atoms with E-state index in [1.807, 2.05) is 44.1 Å². The van der Waals surface area contributed by atoms with E-state index in [1.165, 1.54) is 0 Å². The smallest absolute Gasteiger partial charge is 0.263 e. The van der Waals surface area contributed by atoms with Gasteiger partial charge in [0.05, 0.1) is 0 Å². The number of nitrogens with zero attached hydrogens (tertiary/aromatic N) is 1. The van der Waals surface area contributed by atoms with Crippen LogP contribution >= 0.6 is 12.2 Å². The SMILES string of the molecule is Cc1cc(C=C2C(=O)NC(=S)NC2=O)ccc1N(C)C. The number of hydrogen-bond donors (Lipinski definition) is 2. The minimum Gasteiger partial charge on any atom is -0.377 e. The summed E-state index contributed by atoms with van der Waals surface area (Å²) in [7, 11) is 3.92. The van der Waals surface area contributed by atoms with E-state index in [4.69, 9.17) is 12.2 Å². The average Bonchev–Trinajstić information content (AvgIpc) is 2.33. The summed E-state index contributed by atoms with van der Waals surface area (Å²) in [5.74, 6) is -0.957. The van der Waals surface area contributed by atoms with E-state index >= 15 is 0 Å². The summed E-state index contributed by atoms with van der Waals surface area (Å²) in [4.78, 5) is 25.5. The lowest BCUT2D eigenvalue weighted by atomic mass is 10.0. The van der Waals surface area contributed by atoms with E-state index in [0.29, 0.717) is 0 Å². The van der Waals surface area contributed by atoms with Crippen molar-refractivity contribution in [1.82, 2.24) is 10.6 Å². The van der Waals surface area contributed by atoms with Crippen LogP contribution in [-0.2, 0) is 9.59 Å². The van der Waals surface area contributed by atoms with Crippen LogP contribution in [0, 0.1) is 6.92 Å². The third-order valence-electron chi connectivity index (χ3n) is 2.96. The fourth-order valence-electron chi connectivity index (χ4n) is 2.04. The molecule has 0 saturated carbocycles. The monoisotopic (exact) mass is 289 g/mol. The summed E-state index contributed by atoms with van der Waals surface area (Å²) in [6, 6.07) is 5.74. The number of hydrogen-bond acceptors (Lipinski definition) is 4. The molecule has 6 heteroatoms. The lowest BCUT2D eigenvalue weighted by molar-refractivity contribution is -0.123. The van der Waals surface area contributed by atoms with Gasteiger partial charge in [0.15, 0.2) is 5.11 Å². The molecule has 0 unspecified atom stereocenters. The maximum Gasteiger partial charge on any atom is 0.263 e. The molecule has 1 heterocycles. The van der Waals surface area contributed by atoms with Gasteiger partial charge in [0, 0.05) is 19.8 Å². The van der Waals surface area contributed by atoms with Crippen molar-refractivity contribution in [2.45, 2.75) is 6.92 Å². The second-order valence-corrected chi connectivity index (χ2v) is 5.14. The largest absolute Gasteiger partial charge is 0.377 e. The molecule has 1 aromatic carbocycles. The van der Waals surface area contributed by atoms with Crippen molar-refractivity contribution in [3.05, 3.63) is 34.9 Å². The van der Waals surface area contributed by atoms with Crippen molar-refractivity contribution in [3.63, 3.8) is 0 Å². The number of rotatable bonds is 2. The first-order valence-electron chi connectivity index (χ1n) is 6.05. The molecule has 1 aromatic rings. The minimum absolute atomic E-state index is 0.0382. The predicted octanol–water partition coefficient (Wildman–Crippen LogP) is 0.975. The molecule has 104 valence electrons. The van der Waals surface area contributed by atoms with Crippen LogP contribution in [0.15, 0.2) is 23.8 Å². The number of aryl methyl sites for hydroxylation is 1. The number of thiocarbonyl (C=S) groups is 1. The van der Waals surface area contributed by atoms with Gasteiger partial charge in [-0.25, -0.2) is 0 Å². The number of amides is 2. The molecule has 0 bridgehead atoms. The third-order valence-corrected chi connectivity index (χ3v) is 3.16. The van der Waals surface area contributed by atoms with Gasteiger partial charge in [-0.15, -0.1) is 0 Å². The van der Waals surface area contributed by atoms with Crippen molar-refractivity contribution < 1.29 is 9.59 Å². The molecule has 0 aliphatic carbocycles. The maximum absolute atomic E-state index is 11.7. The number of benzene rings is 1. The van der Waals surface area contributed by atoms with Gasteiger partial charge >= 0.3 is 0 Å². The Hall–Kier alpha value is -2.21. The van der Waals surface area contributed by atoms with Crippen LogP contribution in [0.4, 0.5) is 5.69 Å². The molecule has 0 aromatic heterocycles. The Morgan fingerprint density at radius 1 is 1.15 bits per heavy atom. The number of carbonyl (C=O) groups is 2. The quantitative estimate of drug-likeness (QED) is 0.484. The van der Waals surface area contributed by atoms with Gasteiger partial charge in [0.1, 0.15) is 5.57 Å². The zero-order valence-electron chi connectivity index (χ0n) is 11.5. The standard InChI is InChI=1S/C14H15N3O2S/c1-8-6-9(4-5-11(8)17(2)3)7-10-12(18)15-14(20)16-13(10)19/h4-7H,1-3H3,(H2,15,16,18,19,20). The Morgan fingerprint density at radius 3 is 2.25 bits per heavy atom. The van der Waals surface area contributed by atoms with Gasteiger partial charge in [-0.05, 0) is 48.5 Å². The fraction of sp³-hybridized carbons (Fsp3) is 0.214. The van der Waals surface area contributed by atoms with Crippen LogP contribution in [0.25, 0.3) is 6.08 Å². The summed E-state index contributed by atoms with van der Waals surface area (Å²) in [5.41, 5.74) is 3.00. The Labute approximate surface area is 122 Å². The summed E-state index contributed by atoms with van der Waals surface area (Å²) in [6.45, 7) is 1.98. The van der Waals surface area contributed by atoms with Crippen molar-refractivity contribution in [1.29, 1.82) is 0 Å². The van der Waals surface area contributed by atoms with E-state index in [0.717, 1.165) is 16.8 Å². The number of carbonyl (C=O) groups excluding carboxylic acids is 2. The maximum atomic E-state index is 11.7. The van der Waals surface area contributed by atoms with Crippen LogP contribution in [0.5, 0.6) is 0 Å². The summed E-state index contributed by atoms with van der Waals surface area (Å²) < 4.78 is 0. The third kappa shape index (κ3) is 2.85. The first-order chi connectivity index (χ1) is 9.38. The van der Waals surface area contributed by atoms with Gasteiger partial charge in [0.2, 0.25) is 0 Å². The van der Waals surface area contributed by atoms with E-state index in [-0.39, 0.29) is 10.7 Å². The Kier molecular flexibility index (Phi) is 3.85. The second kappa shape index (κ2) is 5.42. The molecule has 2 amide bonds. The van der Waals surface area contributed by atoms with E-state index in [1.54, 1.807) is 6.08 Å².